The summed E-state index contributed by atoms with van der Waals surface area (Å²) in [6.07, 6.45) is -0.759. The Balaban J connectivity index is 0. The molecule has 0 aromatic carbocycles. The van der Waals surface area contributed by atoms with E-state index >= 15 is 0 Å². The first-order valence-corrected chi connectivity index (χ1v) is 2.92. The number of rotatable bonds is 4. The van der Waals surface area contributed by atoms with Crippen LogP contribution in [0.15, 0.2) is 0 Å². The van der Waals surface area contributed by atoms with Crippen LogP contribution in [0.4, 0.5) is 4.79 Å². The summed E-state index contributed by atoms with van der Waals surface area (Å²) in [5, 5.41) is 20.0. The van der Waals surface area contributed by atoms with Gasteiger partial charge in [0, 0.05) is 0 Å². The molecular formula is C5H7N2NaO5. The summed E-state index contributed by atoms with van der Waals surface area (Å²) in [5.41, 5.74) is 4.57. The van der Waals surface area contributed by atoms with Gasteiger partial charge in [-0.1, -0.05) is 0 Å². The number of carbonyl (C=O) groups excluding carboxylic acids is 2. The van der Waals surface area contributed by atoms with E-state index in [1.807, 2.05) is 0 Å². The van der Waals surface area contributed by atoms with Gasteiger partial charge in [-0.2, -0.15) is 0 Å². The van der Waals surface area contributed by atoms with Crippen molar-refractivity contribution in [3.8, 4) is 0 Å². The third-order valence-corrected chi connectivity index (χ3v) is 0.980. The largest absolute Gasteiger partial charge is 1.00 e. The molecule has 0 spiro atoms. The Morgan fingerprint density at radius 1 is 1.46 bits per heavy atom. The molecule has 1 unspecified atom stereocenters. The van der Waals surface area contributed by atoms with Crippen LogP contribution < -0.4 is 45.7 Å². The van der Waals surface area contributed by atoms with Crippen LogP contribution in [0.2, 0.25) is 0 Å². The monoisotopic (exact) mass is 198 g/mol. The molecule has 2 amide bonds. The molecule has 0 radical (unpaired) electrons. The average Bonchev–Trinajstić information content (AvgIpc) is 1.83. The van der Waals surface area contributed by atoms with Gasteiger partial charge >= 0.3 is 41.6 Å². The molecule has 0 fully saturated rings. The van der Waals surface area contributed by atoms with Crippen LogP contribution in [-0.2, 0) is 9.59 Å². The molecule has 68 valence electrons. The third kappa shape index (κ3) is 7.57. The summed E-state index contributed by atoms with van der Waals surface area (Å²) in [6, 6.07) is -2.69. The number of amides is 2. The van der Waals surface area contributed by atoms with Crippen molar-refractivity contribution in [1.82, 2.24) is 5.32 Å². The summed E-state index contributed by atoms with van der Waals surface area (Å²) in [4.78, 5) is 30.3. The Morgan fingerprint density at radius 2 is 1.92 bits per heavy atom. The van der Waals surface area contributed by atoms with Crippen molar-refractivity contribution in [2.75, 3.05) is 0 Å². The van der Waals surface area contributed by atoms with Crippen LogP contribution in [0.5, 0.6) is 0 Å². The smallest absolute Gasteiger partial charge is 0.548 e. The molecule has 0 heterocycles. The van der Waals surface area contributed by atoms with Crippen molar-refractivity contribution in [1.29, 1.82) is 0 Å². The molecule has 0 saturated heterocycles. The second-order valence-electron chi connectivity index (χ2n) is 1.98. The second kappa shape index (κ2) is 6.70. The zero-order valence-electron chi connectivity index (χ0n) is 6.94. The maximum atomic E-state index is 10.1. The van der Waals surface area contributed by atoms with Gasteiger partial charge in [-0.3, -0.25) is 4.79 Å². The van der Waals surface area contributed by atoms with Gasteiger partial charge < -0.3 is 26.1 Å². The van der Waals surface area contributed by atoms with Gasteiger partial charge in [-0.05, 0) is 0 Å². The Bertz CT molecular complexity index is 203. The molecule has 0 aliphatic heterocycles. The normalized spacial score (nSPS) is 10.8. The van der Waals surface area contributed by atoms with Gasteiger partial charge in [0.15, 0.2) is 0 Å². The topological polar surface area (TPSA) is 133 Å². The SMILES string of the molecule is NC(=O)NC(CC(=O)O)C(=O)[O-].[Na+]. The molecule has 0 aromatic rings. The number of carboxylic acid groups (broad SMARTS) is 2. The van der Waals surface area contributed by atoms with Gasteiger partial charge in [-0.15, -0.1) is 0 Å². The van der Waals surface area contributed by atoms with Crippen LogP contribution in [0.25, 0.3) is 0 Å². The first kappa shape index (κ1) is 14.7. The summed E-state index contributed by atoms with van der Waals surface area (Å²) < 4.78 is 0. The molecular weight excluding hydrogens is 191 g/mol. The zero-order chi connectivity index (χ0) is 9.72. The number of carboxylic acids is 2. The van der Waals surface area contributed by atoms with Crippen molar-refractivity contribution in [2.45, 2.75) is 12.5 Å². The number of hydrogen-bond donors (Lipinski definition) is 3. The first-order valence-electron chi connectivity index (χ1n) is 2.92. The molecule has 0 rings (SSSR count). The summed E-state index contributed by atoms with van der Waals surface area (Å²) in [6.45, 7) is 0. The summed E-state index contributed by atoms with van der Waals surface area (Å²) >= 11 is 0. The van der Waals surface area contributed by atoms with Crippen molar-refractivity contribution in [3.63, 3.8) is 0 Å². The van der Waals surface area contributed by atoms with Gasteiger partial charge in [0.25, 0.3) is 0 Å². The number of nitrogens with one attached hydrogen (secondary N) is 1. The minimum Gasteiger partial charge on any atom is -0.548 e. The molecule has 1 atom stereocenters. The van der Waals surface area contributed by atoms with E-state index < -0.39 is 30.4 Å². The maximum absolute atomic E-state index is 10.1. The zero-order valence-corrected chi connectivity index (χ0v) is 8.94. The van der Waals surface area contributed by atoms with Crippen molar-refractivity contribution in [3.05, 3.63) is 0 Å². The predicted molar refractivity (Wildman–Crippen MR) is 33.8 cm³/mol. The van der Waals surface area contributed by atoms with Crippen LogP contribution in [0.1, 0.15) is 6.42 Å². The van der Waals surface area contributed by atoms with Crippen LogP contribution >= 0.6 is 0 Å². The van der Waals surface area contributed by atoms with Gasteiger partial charge in [0.1, 0.15) is 0 Å². The van der Waals surface area contributed by atoms with E-state index in [0.29, 0.717) is 0 Å². The number of nitrogens with two attached hydrogens (primary N) is 1. The molecule has 8 heteroatoms. The number of carbonyl (C=O) groups is 3. The second-order valence-corrected chi connectivity index (χ2v) is 1.98. The minimum absolute atomic E-state index is 0. The standard InChI is InChI=1S/C5H8N2O5.Na/c6-5(12)7-2(4(10)11)1-3(8)9;/h2H,1H2,(H,8,9)(H,10,11)(H3,6,7,12);/q;+1/p-1. The van der Waals surface area contributed by atoms with Gasteiger partial charge in [-0.25, -0.2) is 4.79 Å². The Labute approximate surface area is 95.6 Å². The quantitative estimate of drug-likeness (QED) is 0.387. The Kier molecular flexibility index (Phi) is 7.58. The number of aliphatic carboxylic acids is 2. The van der Waals surface area contributed by atoms with Gasteiger partial charge in [0.2, 0.25) is 0 Å². The molecule has 4 N–H and O–H groups in total. The molecule has 0 aliphatic carbocycles. The maximum Gasteiger partial charge on any atom is 1.00 e. The molecule has 0 bridgehead atoms. The van der Waals surface area contributed by atoms with Crippen molar-refractivity contribution < 1.29 is 54.2 Å². The van der Waals surface area contributed by atoms with Crippen molar-refractivity contribution in [2.24, 2.45) is 5.73 Å². The van der Waals surface area contributed by atoms with E-state index in [-0.39, 0.29) is 29.6 Å². The molecule has 0 aliphatic rings. The predicted octanol–water partition coefficient (Wildman–Crippen LogP) is -5.75. The van der Waals surface area contributed by atoms with Crippen LogP contribution in [0.3, 0.4) is 0 Å². The van der Waals surface area contributed by atoms with E-state index in [2.05, 4.69) is 5.73 Å². The fourth-order valence-electron chi connectivity index (χ4n) is 0.540. The van der Waals surface area contributed by atoms with E-state index in [9.17, 15) is 19.5 Å². The molecule has 0 aromatic heterocycles. The van der Waals surface area contributed by atoms with Crippen LogP contribution in [0, 0.1) is 0 Å². The first-order chi connectivity index (χ1) is 5.43. The number of primary amides is 1. The molecule has 0 saturated carbocycles. The van der Waals surface area contributed by atoms with E-state index in [0.717, 1.165) is 0 Å². The van der Waals surface area contributed by atoms with E-state index in [4.69, 9.17) is 5.11 Å². The summed E-state index contributed by atoms with van der Waals surface area (Å²) in [5.74, 6) is -3.05. The van der Waals surface area contributed by atoms with E-state index in [1.54, 1.807) is 5.32 Å². The van der Waals surface area contributed by atoms with Gasteiger partial charge in [0.05, 0.1) is 18.4 Å². The van der Waals surface area contributed by atoms with Crippen LogP contribution in [-0.4, -0.2) is 29.1 Å². The fourth-order valence-corrected chi connectivity index (χ4v) is 0.540. The Morgan fingerprint density at radius 3 is 2.15 bits per heavy atom. The minimum atomic E-state index is -1.68. The third-order valence-electron chi connectivity index (χ3n) is 0.980. The summed E-state index contributed by atoms with van der Waals surface area (Å²) in [7, 11) is 0. The number of hydrogen-bond acceptors (Lipinski definition) is 4. The molecule has 7 nitrogen and oxygen atoms in total. The number of urea groups is 1. The van der Waals surface area contributed by atoms with E-state index in [1.165, 1.54) is 0 Å². The molecule has 13 heavy (non-hydrogen) atoms. The average molecular weight is 198 g/mol. The van der Waals surface area contributed by atoms with Crippen molar-refractivity contribution >= 4 is 18.0 Å². The fraction of sp³-hybridized carbons (Fsp3) is 0.400. The Hall–Kier alpha value is -0.790.